The van der Waals surface area contributed by atoms with Gasteiger partial charge in [-0.05, 0) is 31.0 Å². The Morgan fingerprint density at radius 1 is 1.53 bits per heavy atom. The Hall–Kier alpha value is -1.38. The number of anilines is 1. The van der Waals surface area contributed by atoms with Crippen LogP contribution in [0.2, 0.25) is 0 Å². The summed E-state index contributed by atoms with van der Waals surface area (Å²) >= 11 is 3.35. The number of halogens is 1. The fourth-order valence-corrected chi connectivity index (χ4v) is 2.31. The molecule has 1 aromatic rings. The molecule has 17 heavy (non-hydrogen) atoms. The second-order valence-electron chi connectivity index (χ2n) is 4.01. The summed E-state index contributed by atoms with van der Waals surface area (Å²) in [6.07, 6.45) is 1.58. The Kier molecular flexibility index (Phi) is 3.46. The van der Waals surface area contributed by atoms with Crippen molar-refractivity contribution in [1.29, 1.82) is 5.26 Å². The molecule has 1 aliphatic heterocycles. The van der Waals surface area contributed by atoms with Crippen LogP contribution in [0.4, 0.5) is 5.69 Å². The number of carbonyl (C=O) groups is 1. The van der Waals surface area contributed by atoms with Crippen molar-refractivity contribution in [3.05, 3.63) is 28.2 Å². The van der Waals surface area contributed by atoms with E-state index in [1.165, 1.54) is 0 Å². The van der Waals surface area contributed by atoms with Crippen LogP contribution < -0.4 is 10.6 Å². The highest BCUT2D eigenvalue weighted by Gasteiger charge is 2.28. The number of nitrogens with two attached hydrogens (primary N) is 1. The first-order valence-corrected chi connectivity index (χ1v) is 6.19. The van der Waals surface area contributed by atoms with Crippen molar-refractivity contribution < 1.29 is 4.79 Å². The van der Waals surface area contributed by atoms with E-state index >= 15 is 0 Å². The first-order chi connectivity index (χ1) is 8.13. The maximum Gasteiger partial charge on any atom is 0.243 e. The standard InChI is InChI=1S/C12H12BrN3O/c13-9-4-3-8(7-14)11(6-9)16-5-1-2-10(15)12(16)17/h3-4,6,10H,1-2,5,15H2. The summed E-state index contributed by atoms with van der Waals surface area (Å²) < 4.78 is 0.846. The van der Waals surface area contributed by atoms with Gasteiger partial charge in [0.2, 0.25) is 5.91 Å². The SMILES string of the molecule is N#Cc1ccc(Br)cc1N1CCCC(N)C1=O. The van der Waals surface area contributed by atoms with Gasteiger partial charge in [-0.3, -0.25) is 4.79 Å². The van der Waals surface area contributed by atoms with Gasteiger partial charge in [0.15, 0.2) is 0 Å². The van der Waals surface area contributed by atoms with Gasteiger partial charge in [-0.25, -0.2) is 0 Å². The van der Waals surface area contributed by atoms with E-state index < -0.39 is 6.04 Å². The highest BCUT2D eigenvalue weighted by Crippen LogP contribution is 2.27. The number of hydrogen-bond acceptors (Lipinski definition) is 3. The van der Waals surface area contributed by atoms with Crippen LogP contribution in [-0.4, -0.2) is 18.5 Å². The molecule has 5 heteroatoms. The molecule has 1 heterocycles. The van der Waals surface area contributed by atoms with E-state index in [9.17, 15) is 4.79 Å². The molecule has 1 atom stereocenters. The third kappa shape index (κ3) is 2.33. The van der Waals surface area contributed by atoms with Gasteiger partial charge in [-0.15, -0.1) is 0 Å². The van der Waals surface area contributed by atoms with Crippen LogP contribution in [0.3, 0.4) is 0 Å². The summed E-state index contributed by atoms with van der Waals surface area (Å²) in [6.45, 7) is 0.623. The topological polar surface area (TPSA) is 70.1 Å². The molecule has 0 aromatic heterocycles. The molecule has 1 aromatic carbocycles. The van der Waals surface area contributed by atoms with Crippen LogP contribution >= 0.6 is 15.9 Å². The number of benzene rings is 1. The number of carbonyl (C=O) groups excluding carboxylic acids is 1. The van der Waals surface area contributed by atoms with Crippen LogP contribution in [0.15, 0.2) is 22.7 Å². The van der Waals surface area contributed by atoms with Gasteiger partial charge in [0.05, 0.1) is 17.3 Å². The number of piperidine rings is 1. The van der Waals surface area contributed by atoms with Gasteiger partial charge in [-0.1, -0.05) is 15.9 Å². The summed E-state index contributed by atoms with van der Waals surface area (Å²) in [5.41, 5.74) is 6.89. The third-order valence-corrected chi connectivity index (χ3v) is 3.34. The average Bonchev–Trinajstić information content (AvgIpc) is 2.33. The van der Waals surface area contributed by atoms with Crippen LogP contribution in [0.5, 0.6) is 0 Å². The molecule has 0 aliphatic carbocycles. The molecule has 2 rings (SSSR count). The van der Waals surface area contributed by atoms with Crippen molar-refractivity contribution in [1.82, 2.24) is 0 Å². The first-order valence-electron chi connectivity index (χ1n) is 5.40. The molecular weight excluding hydrogens is 282 g/mol. The summed E-state index contributed by atoms with van der Waals surface area (Å²) in [4.78, 5) is 13.6. The summed E-state index contributed by atoms with van der Waals surface area (Å²) in [5.74, 6) is -0.106. The summed E-state index contributed by atoms with van der Waals surface area (Å²) in [5, 5.41) is 9.06. The maximum absolute atomic E-state index is 12.0. The molecule has 0 bridgehead atoms. The van der Waals surface area contributed by atoms with Gasteiger partial charge in [0.1, 0.15) is 6.07 Å². The lowest BCUT2D eigenvalue weighted by atomic mass is 10.0. The molecular formula is C12H12BrN3O. The molecule has 2 N–H and O–H groups in total. The van der Waals surface area contributed by atoms with Gasteiger partial charge in [0, 0.05) is 11.0 Å². The van der Waals surface area contributed by atoms with E-state index in [1.807, 2.05) is 0 Å². The van der Waals surface area contributed by atoms with Crippen molar-refractivity contribution in [2.24, 2.45) is 5.73 Å². The number of amides is 1. The molecule has 0 radical (unpaired) electrons. The maximum atomic E-state index is 12.0. The predicted molar refractivity (Wildman–Crippen MR) is 68.4 cm³/mol. The fourth-order valence-electron chi connectivity index (χ4n) is 1.96. The lowest BCUT2D eigenvalue weighted by Crippen LogP contribution is -2.48. The minimum absolute atomic E-state index is 0.106. The van der Waals surface area contributed by atoms with Crippen molar-refractivity contribution in [3.8, 4) is 6.07 Å². The Bertz CT molecular complexity index is 495. The lowest BCUT2D eigenvalue weighted by molar-refractivity contribution is -0.120. The Morgan fingerprint density at radius 3 is 3.00 bits per heavy atom. The van der Waals surface area contributed by atoms with Crippen molar-refractivity contribution in [2.45, 2.75) is 18.9 Å². The van der Waals surface area contributed by atoms with Crippen molar-refractivity contribution in [2.75, 3.05) is 11.4 Å². The number of rotatable bonds is 1. The van der Waals surface area contributed by atoms with Gasteiger partial charge in [0.25, 0.3) is 0 Å². The molecule has 0 spiro atoms. The molecule has 1 aliphatic rings. The molecule has 0 saturated carbocycles. The number of hydrogen-bond donors (Lipinski definition) is 1. The van der Waals surface area contributed by atoms with Crippen LogP contribution in [0.25, 0.3) is 0 Å². The minimum atomic E-state index is -0.450. The average molecular weight is 294 g/mol. The smallest absolute Gasteiger partial charge is 0.243 e. The monoisotopic (exact) mass is 293 g/mol. The second kappa shape index (κ2) is 4.86. The zero-order valence-corrected chi connectivity index (χ0v) is 10.8. The minimum Gasteiger partial charge on any atom is -0.320 e. The Morgan fingerprint density at radius 2 is 2.29 bits per heavy atom. The summed E-state index contributed by atoms with van der Waals surface area (Å²) in [6, 6.07) is 6.93. The Balaban J connectivity index is 2.42. The number of nitriles is 1. The van der Waals surface area contributed by atoms with E-state index in [4.69, 9.17) is 11.0 Å². The van der Waals surface area contributed by atoms with E-state index in [2.05, 4.69) is 22.0 Å². The largest absolute Gasteiger partial charge is 0.320 e. The van der Waals surface area contributed by atoms with Gasteiger partial charge >= 0.3 is 0 Å². The molecule has 1 saturated heterocycles. The van der Waals surface area contributed by atoms with Crippen LogP contribution in [0, 0.1) is 11.3 Å². The predicted octanol–water partition coefficient (Wildman–Crippen LogP) is 1.77. The molecule has 4 nitrogen and oxygen atoms in total. The van der Waals surface area contributed by atoms with Gasteiger partial charge in [-0.2, -0.15) is 5.26 Å². The highest BCUT2D eigenvalue weighted by atomic mass is 79.9. The highest BCUT2D eigenvalue weighted by molar-refractivity contribution is 9.10. The lowest BCUT2D eigenvalue weighted by Gasteiger charge is -2.31. The van der Waals surface area contributed by atoms with Crippen LogP contribution in [-0.2, 0) is 4.79 Å². The van der Waals surface area contributed by atoms with E-state index in [-0.39, 0.29) is 5.91 Å². The normalized spacial score (nSPS) is 20.2. The molecule has 1 fully saturated rings. The first kappa shape index (κ1) is 12.1. The van der Waals surface area contributed by atoms with Crippen LogP contribution in [0.1, 0.15) is 18.4 Å². The van der Waals surface area contributed by atoms with Crippen molar-refractivity contribution >= 4 is 27.5 Å². The molecule has 88 valence electrons. The summed E-state index contributed by atoms with van der Waals surface area (Å²) in [7, 11) is 0. The van der Waals surface area contributed by atoms with E-state index in [1.54, 1.807) is 23.1 Å². The van der Waals surface area contributed by atoms with Crippen molar-refractivity contribution in [3.63, 3.8) is 0 Å². The number of nitrogens with zero attached hydrogens (tertiary/aromatic N) is 2. The Labute approximate surface area is 108 Å². The molecule has 1 unspecified atom stereocenters. The zero-order chi connectivity index (χ0) is 12.4. The second-order valence-corrected chi connectivity index (χ2v) is 4.93. The molecule has 1 amide bonds. The fraction of sp³-hybridized carbons (Fsp3) is 0.333. The van der Waals surface area contributed by atoms with E-state index in [0.717, 1.165) is 10.9 Å². The van der Waals surface area contributed by atoms with Gasteiger partial charge < -0.3 is 10.6 Å². The zero-order valence-electron chi connectivity index (χ0n) is 9.19. The van der Waals surface area contributed by atoms with E-state index in [0.29, 0.717) is 24.2 Å². The third-order valence-electron chi connectivity index (χ3n) is 2.85. The quantitative estimate of drug-likeness (QED) is 0.858.